The van der Waals surface area contributed by atoms with Crippen molar-refractivity contribution in [3.63, 3.8) is 0 Å². The van der Waals surface area contributed by atoms with Gasteiger partial charge in [-0.15, -0.1) is 0 Å². The van der Waals surface area contributed by atoms with Crippen LogP contribution in [0.3, 0.4) is 0 Å². The summed E-state index contributed by atoms with van der Waals surface area (Å²) in [6, 6.07) is 0. The number of phosphoric acid groups is 1. The Kier molecular flexibility index (Phi) is 49.8. The van der Waals surface area contributed by atoms with Crippen molar-refractivity contribution < 1.29 is 66.1 Å². The molecule has 2 N–H and O–H groups in total. The van der Waals surface area contributed by atoms with Crippen LogP contribution in [0.4, 0.5) is 0 Å². The number of amides is 1. The minimum absolute atomic E-state index is 0.0327. The van der Waals surface area contributed by atoms with E-state index in [1.54, 1.807) is 0 Å². The van der Waals surface area contributed by atoms with Gasteiger partial charge in [-0.3, -0.25) is 28.2 Å². The van der Waals surface area contributed by atoms with Gasteiger partial charge in [-0.2, -0.15) is 12.6 Å². The molecule has 1 unspecified atom stereocenters. The Morgan fingerprint density at radius 1 is 0.500 bits per heavy atom. The lowest BCUT2D eigenvalue weighted by molar-refractivity contribution is -0.161. The third kappa shape index (κ3) is 50.4. The molecule has 68 heavy (non-hydrogen) atoms. The minimum Gasteiger partial charge on any atom is -0.463 e. The molecule has 0 radical (unpaired) electrons. The predicted octanol–water partition coefficient (Wildman–Crippen LogP) is 11.5. The minimum atomic E-state index is -4.65. The standard InChI is InChI=1S/C51H96NO14PS/c1-3-5-7-9-11-13-15-17-18-20-22-24-26-28-30-32-51(56)66-47(45-63-49(54)31-29-27-25-23-21-19-16-14-12-10-8-6-4-2)46-65-67(57,58)64-36-35-52-48(53)33-34-50(55)62-42-41-60-38-37-59-39-40-61-43-44-68/h17-18,47,68H,3-16,19-46H2,1-2H3,(H,52,53)(H,57,58)/b18-17-/t47-/m1/s1. The van der Waals surface area contributed by atoms with Crippen molar-refractivity contribution in [2.75, 3.05) is 78.4 Å². The van der Waals surface area contributed by atoms with E-state index in [0.717, 1.165) is 57.8 Å². The van der Waals surface area contributed by atoms with Gasteiger partial charge in [0.15, 0.2) is 6.10 Å². The molecular weight excluding hydrogens is 914 g/mol. The molecule has 15 nitrogen and oxygen atoms in total. The molecule has 0 saturated carbocycles. The van der Waals surface area contributed by atoms with Crippen LogP contribution in [0.25, 0.3) is 0 Å². The summed E-state index contributed by atoms with van der Waals surface area (Å²) in [7, 11) is -4.65. The largest absolute Gasteiger partial charge is 0.472 e. The van der Waals surface area contributed by atoms with Gasteiger partial charge in [-0.25, -0.2) is 4.57 Å². The molecule has 0 aromatic heterocycles. The fourth-order valence-electron chi connectivity index (χ4n) is 7.01. The fourth-order valence-corrected chi connectivity index (χ4v) is 7.89. The molecule has 1 amide bonds. The average molecular weight is 1010 g/mol. The van der Waals surface area contributed by atoms with Gasteiger partial charge in [-0.1, -0.05) is 154 Å². The summed E-state index contributed by atoms with van der Waals surface area (Å²) in [6.45, 7) is 5.52. The number of unbranched alkanes of at least 4 members (excludes halogenated alkanes) is 23. The molecule has 0 bridgehead atoms. The van der Waals surface area contributed by atoms with Crippen LogP contribution in [0.2, 0.25) is 0 Å². The average Bonchev–Trinajstić information content (AvgIpc) is 3.32. The monoisotopic (exact) mass is 1010 g/mol. The SMILES string of the molecule is CCCCCCCC/C=C\CCCCCCCC(=O)O[C@H](COC(=O)CCCCCCCCCCCCCCC)COP(=O)(O)OCCNC(=O)CCC(=O)OCCOCCOCCOCCS. The van der Waals surface area contributed by atoms with Crippen LogP contribution in [-0.2, 0) is 61.2 Å². The molecular formula is C51H96NO14PS. The first-order valence-corrected chi connectivity index (χ1v) is 28.6. The summed E-state index contributed by atoms with van der Waals surface area (Å²) in [6.07, 6.45) is 33.7. The quantitative estimate of drug-likeness (QED) is 0.0130. The maximum atomic E-state index is 12.8. The van der Waals surface area contributed by atoms with Crippen LogP contribution in [-0.4, -0.2) is 113 Å². The maximum Gasteiger partial charge on any atom is 0.472 e. The van der Waals surface area contributed by atoms with Gasteiger partial charge >= 0.3 is 25.7 Å². The van der Waals surface area contributed by atoms with Crippen molar-refractivity contribution in [1.82, 2.24) is 5.32 Å². The second-order valence-electron chi connectivity index (χ2n) is 17.4. The van der Waals surface area contributed by atoms with Gasteiger partial charge < -0.3 is 38.6 Å². The number of allylic oxidation sites excluding steroid dienone is 2. The van der Waals surface area contributed by atoms with E-state index >= 15 is 0 Å². The third-order valence-electron chi connectivity index (χ3n) is 11.0. The third-order valence-corrected chi connectivity index (χ3v) is 12.2. The summed E-state index contributed by atoms with van der Waals surface area (Å²) in [4.78, 5) is 59.9. The number of ether oxygens (including phenoxy) is 6. The van der Waals surface area contributed by atoms with Crippen molar-refractivity contribution in [2.45, 2.75) is 213 Å². The summed E-state index contributed by atoms with van der Waals surface area (Å²) in [5.74, 6) is -1.35. The van der Waals surface area contributed by atoms with Crippen LogP contribution >= 0.6 is 20.5 Å². The van der Waals surface area contributed by atoms with E-state index < -0.39 is 44.3 Å². The Hall–Kier alpha value is -2.04. The van der Waals surface area contributed by atoms with E-state index in [4.69, 9.17) is 37.5 Å². The highest BCUT2D eigenvalue weighted by Crippen LogP contribution is 2.43. The van der Waals surface area contributed by atoms with Crippen molar-refractivity contribution >= 4 is 44.3 Å². The first-order valence-electron chi connectivity index (χ1n) is 26.5. The summed E-state index contributed by atoms with van der Waals surface area (Å²) in [5, 5.41) is 2.50. The summed E-state index contributed by atoms with van der Waals surface area (Å²) in [5.41, 5.74) is 0. The number of hydrogen-bond donors (Lipinski definition) is 3. The Balaban J connectivity index is 4.56. The second kappa shape index (κ2) is 51.3. The number of rotatable bonds is 53. The van der Waals surface area contributed by atoms with Crippen molar-refractivity contribution in [3.05, 3.63) is 12.2 Å². The molecule has 0 aliphatic heterocycles. The molecule has 0 aliphatic rings. The highest BCUT2D eigenvalue weighted by Gasteiger charge is 2.26. The lowest BCUT2D eigenvalue weighted by Gasteiger charge is -2.20. The van der Waals surface area contributed by atoms with E-state index in [-0.39, 0.29) is 58.7 Å². The van der Waals surface area contributed by atoms with Crippen LogP contribution in [0.15, 0.2) is 12.2 Å². The first-order chi connectivity index (χ1) is 33.1. The second-order valence-corrected chi connectivity index (χ2v) is 19.3. The van der Waals surface area contributed by atoms with Crippen LogP contribution < -0.4 is 5.32 Å². The molecule has 0 aromatic rings. The molecule has 0 aliphatic carbocycles. The normalized spacial score (nSPS) is 12.8. The van der Waals surface area contributed by atoms with Crippen LogP contribution in [0.5, 0.6) is 0 Å². The molecule has 17 heteroatoms. The Bertz CT molecular complexity index is 1260. The zero-order valence-electron chi connectivity index (χ0n) is 42.6. The molecule has 0 rings (SSSR count). The topological polar surface area (TPSA) is 191 Å². The van der Waals surface area contributed by atoms with Crippen LogP contribution in [0.1, 0.15) is 206 Å². The van der Waals surface area contributed by atoms with Crippen LogP contribution in [0, 0.1) is 0 Å². The smallest absolute Gasteiger partial charge is 0.463 e. The van der Waals surface area contributed by atoms with E-state index in [1.807, 2.05) is 0 Å². The van der Waals surface area contributed by atoms with Gasteiger partial charge in [0.25, 0.3) is 0 Å². The van der Waals surface area contributed by atoms with Gasteiger partial charge in [0.2, 0.25) is 5.91 Å². The van der Waals surface area contributed by atoms with E-state index in [0.29, 0.717) is 51.6 Å². The maximum absolute atomic E-state index is 12.8. The summed E-state index contributed by atoms with van der Waals surface area (Å²) < 4.78 is 54.8. The predicted molar refractivity (Wildman–Crippen MR) is 272 cm³/mol. The Labute approximate surface area is 417 Å². The number of nitrogens with one attached hydrogen (secondary N) is 1. The Morgan fingerprint density at radius 3 is 1.46 bits per heavy atom. The van der Waals surface area contributed by atoms with Gasteiger partial charge in [0.1, 0.15) is 13.2 Å². The van der Waals surface area contributed by atoms with Crippen molar-refractivity contribution in [1.29, 1.82) is 0 Å². The lowest BCUT2D eigenvalue weighted by Crippen LogP contribution is -2.30. The number of phosphoric ester groups is 1. The number of thiol groups is 1. The number of carbonyl (C=O) groups is 4. The van der Waals surface area contributed by atoms with Crippen molar-refractivity contribution in [2.24, 2.45) is 0 Å². The molecule has 0 aromatic carbocycles. The molecule has 0 heterocycles. The van der Waals surface area contributed by atoms with E-state index in [2.05, 4.69) is 43.9 Å². The van der Waals surface area contributed by atoms with E-state index in [1.165, 1.54) is 96.3 Å². The number of carbonyl (C=O) groups excluding carboxylic acids is 4. The van der Waals surface area contributed by atoms with Crippen molar-refractivity contribution in [3.8, 4) is 0 Å². The molecule has 0 fully saturated rings. The molecule has 0 spiro atoms. The highest BCUT2D eigenvalue weighted by atomic mass is 32.1. The van der Waals surface area contributed by atoms with Gasteiger partial charge in [-0.05, 0) is 38.5 Å². The zero-order valence-corrected chi connectivity index (χ0v) is 44.4. The fraction of sp³-hybridized carbons (Fsp3) is 0.882. The number of esters is 3. The first kappa shape index (κ1) is 66.0. The molecule has 2 atom stereocenters. The molecule has 400 valence electrons. The lowest BCUT2D eigenvalue weighted by atomic mass is 10.0. The Morgan fingerprint density at radius 2 is 0.941 bits per heavy atom. The zero-order chi connectivity index (χ0) is 49.9. The number of hydrogen-bond acceptors (Lipinski definition) is 14. The highest BCUT2D eigenvalue weighted by molar-refractivity contribution is 7.80. The van der Waals surface area contributed by atoms with E-state index in [9.17, 15) is 28.6 Å². The summed E-state index contributed by atoms with van der Waals surface area (Å²) >= 11 is 4.06. The van der Waals surface area contributed by atoms with Gasteiger partial charge in [0, 0.05) is 31.6 Å². The molecule has 0 saturated heterocycles. The van der Waals surface area contributed by atoms with Gasteiger partial charge in [0.05, 0.1) is 59.3 Å².